The molecule has 2 heterocycles. The summed E-state index contributed by atoms with van der Waals surface area (Å²) >= 11 is 0. The van der Waals surface area contributed by atoms with Crippen LogP contribution in [0.25, 0.3) is 62.1 Å². The van der Waals surface area contributed by atoms with E-state index in [-0.39, 0.29) is 0 Å². The Kier molecular flexibility index (Phi) is 8.19. The van der Waals surface area contributed by atoms with Gasteiger partial charge in [-0.3, -0.25) is 0 Å². The molecule has 2 aromatic heterocycles. The Bertz CT molecular complexity index is 1870. The van der Waals surface area contributed by atoms with E-state index in [9.17, 15) is 0 Å². The first kappa shape index (κ1) is 27.4. The van der Waals surface area contributed by atoms with Crippen LogP contribution in [0.15, 0.2) is 158 Å². The summed E-state index contributed by atoms with van der Waals surface area (Å²) in [7, 11) is 0. The first-order chi connectivity index (χ1) is 21.2. The van der Waals surface area contributed by atoms with Gasteiger partial charge in [0.05, 0.1) is 22.8 Å². The molecule has 0 aliphatic heterocycles. The van der Waals surface area contributed by atoms with E-state index >= 15 is 0 Å². The summed E-state index contributed by atoms with van der Waals surface area (Å²) in [5, 5.41) is 0. The zero-order chi connectivity index (χ0) is 29.4. The van der Waals surface area contributed by atoms with Crippen LogP contribution >= 0.6 is 0 Å². The minimum Gasteiger partial charge on any atom is -0.228 e. The number of rotatable bonds is 8. The van der Waals surface area contributed by atoms with Crippen LogP contribution in [0.1, 0.15) is 12.6 Å². The van der Waals surface area contributed by atoms with Crippen molar-refractivity contribution in [3.05, 3.63) is 164 Å². The zero-order valence-corrected chi connectivity index (χ0v) is 23.9. The van der Waals surface area contributed by atoms with E-state index < -0.39 is 0 Å². The highest BCUT2D eigenvalue weighted by Crippen LogP contribution is 2.31. The summed E-state index contributed by atoms with van der Waals surface area (Å²) in [5.41, 5.74) is 9.28. The lowest BCUT2D eigenvalue weighted by atomic mass is 10.0. The third-order valence-corrected chi connectivity index (χ3v) is 7.06. The van der Waals surface area contributed by atoms with Crippen LogP contribution in [0.2, 0.25) is 0 Å². The summed E-state index contributed by atoms with van der Waals surface area (Å²) in [6, 6.07) is 42.8. The van der Waals surface area contributed by atoms with Crippen molar-refractivity contribution in [1.29, 1.82) is 0 Å². The molecule has 6 rings (SSSR count). The Morgan fingerprint density at radius 2 is 0.953 bits per heavy atom. The fourth-order valence-corrected chi connectivity index (χ4v) is 4.87. The second-order valence-corrected chi connectivity index (χ2v) is 9.94. The lowest BCUT2D eigenvalue weighted by molar-refractivity contribution is 1.15. The predicted molar refractivity (Wildman–Crippen MR) is 178 cm³/mol. The SMILES string of the molecule is C=C/C=C\C(=C/C)c1cc(-c2ccccc2)nc(-c2cccc(-c3nc(-c4ccccc4)cc(-c4ccccc4)n3)c2)n1. The molecule has 0 fully saturated rings. The highest BCUT2D eigenvalue weighted by Gasteiger charge is 2.14. The molecule has 0 aliphatic carbocycles. The molecule has 0 radical (unpaired) electrons. The molecule has 0 saturated heterocycles. The fourth-order valence-electron chi connectivity index (χ4n) is 4.87. The molecule has 4 nitrogen and oxygen atoms in total. The Morgan fingerprint density at radius 3 is 1.42 bits per heavy atom. The zero-order valence-electron chi connectivity index (χ0n) is 23.9. The standard InChI is InChI=1S/C39H30N4/c1-3-5-16-28(4-2)34-26-35(29-17-9-6-10-18-29)41-38(40-34)32-23-15-24-33(25-32)39-42-36(30-19-11-7-12-20-30)27-37(43-39)31-21-13-8-14-22-31/h3-27H,1H2,2H3/b16-5-,28-4+. The monoisotopic (exact) mass is 554 g/mol. The molecule has 43 heavy (non-hydrogen) atoms. The molecule has 4 aromatic carbocycles. The fraction of sp³-hybridized carbons (Fsp3) is 0.0256. The van der Waals surface area contributed by atoms with Crippen molar-refractivity contribution in [2.75, 3.05) is 0 Å². The van der Waals surface area contributed by atoms with E-state index in [0.29, 0.717) is 11.6 Å². The van der Waals surface area contributed by atoms with Crippen molar-refractivity contribution < 1.29 is 0 Å². The Labute approximate surface area is 252 Å². The van der Waals surface area contributed by atoms with Gasteiger partial charge in [0.15, 0.2) is 11.6 Å². The van der Waals surface area contributed by atoms with Gasteiger partial charge in [-0.1, -0.05) is 140 Å². The molecule has 0 amide bonds. The molecule has 4 heteroatoms. The van der Waals surface area contributed by atoms with Gasteiger partial charge < -0.3 is 0 Å². The smallest absolute Gasteiger partial charge is 0.160 e. The molecular formula is C39H30N4. The average Bonchev–Trinajstić information content (AvgIpc) is 3.09. The average molecular weight is 555 g/mol. The third kappa shape index (κ3) is 6.29. The molecule has 0 spiro atoms. The normalized spacial score (nSPS) is 11.5. The van der Waals surface area contributed by atoms with Crippen LogP contribution in [0.4, 0.5) is 0 Å². The van der Waals surface area contributed by atoms with E-state index in [1.165, 1.54) is 0 Å². The summed E-state index contributed by atoms with van der Waals surface area (Å²) in [6.45, 7) is 5.83. The highest BCUT2D eigenvalue weighted by molar-refractivity contribution is 5.78. The van der Waals surface area contributed by atoms with E-state index in [1.807, 2.05) is 110 Å². The van der Waals surface area contributed by atoms with Gasteiger partial charge in [0, 0.05) is 27.8 Å². The van der Waals surface area contributed by atoms with Crippen molar-refractivity contribution in [2.45, 2.75) is 6.92 Å². The maximum Gasteiger partial charge on any atom is 0.160 e. The largest absolute Gasteiger partial charge is 0.228 e. The van der Waals surface area contributed by atoms with Crippen molar-refractivity contribution in [3.63, 3.8) is 0 Å². The third-order valence-electron chi connectivity index (χ3n) is 7.06. The Hall–Kier alpha value is -5.74. The maximum absolute atomic E-state index is 5.01. The summed E-state index contributed by atoms with van der Waals surface area (Å²) in [5.74, 6) is 1.27. The van der Waals surface area contributed by atoms with Crippen molar-refractivity contribution in [2.24, 2.45) is 0 Å². The number of allylic oxidation sites excluding steroid dienone is 5. The summed E-state index contributed by atoms with van der Waals surface area (Å²) in [6.07, 6.45) is 7.74. The summed E-state index contributed by atoms with van der Waals surface area (Å²) in [4.78, 5) is 20.1. The van der Waals surface area contributed by atoms with Gasteiger partial charge in [0.25, 0.3) is 0 Å². The molecule has 0 aliphatic rings. The second-order valence-electron chi connectivity index (χ2n) is 9.94. The molecule has 0 unspecified atom stereocenters. The van der Waals surface area contributed by atoms with Gasteiger partial charge >= 0.3 is 0 Å². The Morgan fingerprint density at radius 1 is 0.512 bits per heavy atom. The highest BCUT2D eigenvalue weighted by atomic mass is 14.9. The number of nitrogens with zero attached hydrogens (tertiary/aromatic N) is 4. The maximum atomic E-state index is 5.01. The van der Waals surface area contributed by atoms with Gasteiger partial charge in [-0.25, -0.2) is 19.9 Å². The number of aromatic nitrogens is 4. The van der Waals surface area contributed by atoms with E-state index in [1.54, 1.807) is 6.08 Å². The van der Waals surface area contributed by atoms with Gasteiger partial charge in [0.2, 0.25) is 0 Å². The molecule has 0 N–H and O–H groups in total. The molecule has 0 bridgehead atoms. The van der Waals surface area contributed by atoms with E-state index in [0.717, 1.165) is 56.2 Å². The van der Waals surface area contributed by atoms with Crippen LogP contribution in [0.3, 0.4) is 0 Å². The molecule has 206 valence electrons. The van der Waals surface area contributed by atoms with Crippen molar-refractivity contribution in [1.82, 2.24) is 19.9 Å². The predicted octanol–water partition coefficient (Wildman–Crippen LogP) is 9.75. The molecule has 0 atom stereocenters. The topological polar surface area (TPSA) is 51.6 Å². The van der Waals surface area contributed by atoms with Gasteiger partial charge in [-0.05, 0) is 30.7 Å². The van der Waals surface area contributed by atoms with Crippen LogP contribution in [-0.2, 0) is 0 Å². The minimum atomic E-state index is 0.632. The quantitative estimate of drug-likeness (QED) is 0.176. The second kappa shape index (κ2) is 12.8. The number of benzene rings is 4. The molecule has 6 aromatic rings. The lowest BCUT2D eigenvalue weighted by Gasteiger charge is -2.12. The van der Waals surface area contributed by atoms with Gasteiger partial charge in [-0.2, -0.15) is 0 Å². The van der Waals surface area contributed by atoms with Crippen LogP contribution in [0, 0.1) is 0 Å². The summed E-state index contributed by atoms with van der Waals surface area (Å²) < 4.78 is 0. The number of hydrogen-bond acceptors (Lipinski definition) is 4. The van der Waals surface area contributed by atoms with Gasteiger partial charge in [-0.15, -0.1) is 0 Å². The van der Waals surface area contributed by atoms with E-state index in [4.69, 9.17) is 19.9 Å². The first-order valence-electron chi connectivity index (χ1n) is 14.2. The molecule has 0 saturated carbocycles. The van der Waals surface area contributed by atoms with Crippen molar-refractivity contribution >= 4 is 5.57 Å². The minimum absolute atomic E-state index is 0.632. The molecular weight excluding hydrogens is 524 g/mol. The van der Waals surface area contributed by atoms with Crippen molar-refractivity contribution in [3.8, 4) is 56.5 Å². The Balaban J connectivity index is 1.50. The first-order valence-corrected chi connectivity index (χ1v) is 14.2. The van der Waals surface area contributed by atoms with Crippen LogP contribution < -0.4 is 0 Å². The lowest BCUT2D eigenvalue weighted by Crippen LogP contribution is -1.99. The van der Waals surface area contributed by atoms with Crippen LogP contribution in [-0.4, -0.2) is 19.9 Å². The number of hydrogen-bond donors (Lipinski definition) is 0. The van der Waals surface area contributed by atoms with Crippen LogP contribution in [0.5, 0.6) is 0 Å². The van der Waals surface area contributed by atoms with E-state index in [2.05, 4.69) is 49.0 Å². The van der Waals surface area contributed by atoms with Gasteiger partial charge in [0.1, 0.15) is 0 Å².